The van der Waals surface area contributed by atoms with Gasteiger partial charge in [-0.15, -0.1) is 0 Å². The number of aromatic nitrogens is 1. The number of carbonyl (C=O) groups is 1. The van der Waals surface area contributed by atoms with Gasteiger partial charge in [0, 0.05) is 50.9 Å². The maximum absolute atomic E-state index is 13.4. The van der Waals surface area contributed by atoms with E-state index in [2.05, 4.69) is 29.3 Å². The molecule has 1 aromatic heterocycles. The van der Waals surface area contributed by atoms with Gasteiger partial charge in [0.25, 0.3) is 5.91 Å². The first-order valence-electron chi connectivity index (χ1n) is 14.1. The highest BCUT2D eigenvalue weighted by molar-refractivity contribution is 7.89. The number of benzene rings is 2. The van der Waals surface area contributed by atoms with Crippen molar-refractivity contribution in [2.75, 3.05) is 32.7 Å². The van der Waals surface area contributed by atoms with E-state index in [9.17, 15) is 18.0 Å². The zero-order valence-electron chi connectivity index (χ0n) is 23.1. The van der Waals surface area contributed by atoms with Crippen LogP contribution in [-0.2, 0) is 23.1 Å². The van der Waals surface area contributed by atoms with E-state index < -0.39 is 21.4 Å². The van der Waals surface area contributed by atoms with Gasteiger partial charge in [-0.3, -0.25) is 14.5 Å². The van der Waals surface area contributed by atoms with Gasteiger partial charge < -0.3 is 9.88 Å². The third-order valence-electron chi connectivity index (χ3n) is 7.35. The van der Waals surface area contributed by atoms with Crippen molar-refractivity contribution >= 4 is 26.8 Å². The van der Waals surface area contributed by atoms with E-state index in [1.165, 1.54) is 15.9 Å². The molecule has 0 atom stereocenters. The van der Waals surface area contributed by atoms with Crippen molar-refractivity contribution in [3.05, 3.63) is 76.1 Å². The van der Waals surface area contributed by atoms with Crippen molar-refractivity contribution < 1.29 is 13.2 Å². The minimum absolute atomic E-state index is 0.0344. The molecule has 1 aliphatic heterocycles. The summed E-state index contributed by atoms with van der Waals surface area (Å²) in [5.41, 5.74) is 1.47. The van der Waals surface area contributed by atoms with Crippen LogP contribution in [0.1, 0.15) is 61.9 Å². The lowest BCUT2D eigenvalue weighted by molar-refractivity contribution is 0.0949. The Balaban J connectivity index is 1.47. The number of sulfonamides is 1. The number of unbranched alkanes of at least 4 members (excludes halogenated alkanes) is 1. The second kappa shape index (κ2) is 13.4. The molecule has 0 bridgehead atoms. The number of pyridine rings is 1. The largest absolute Gasteiger partial charge is 0.352 e. The highest BCUT2D eigenvalue weighted by atomic mass is 32.2. The van der Waals surface area contributed by atoms with Crippen LogP contribution in [0.15, 0.2) is 64.4 Å². The molecule has 1 N–H and O–H groups in total. The molecule has 3 aromatic rings. The standard InChI is InChI=1S/C30H40N4O4S/c1-3-5-17-32(22-24-12-7-6-8-13-24)18-11-16-31-30(36)27-23-33(4-2)28-15-14-25(21-26(28)29(27)35)39(37,38)34-19-9-10-20-34/h6-8,12-15,21,23H,3-5,9-11,16-20,22H2,1-2H3,(H,31,36). The monoisotopic (exact) mass is 552 g/mol. The summed E-state index contributed by atoms with van der Waals surface area (Å²) >= 11 is 0. The van der Waals surface area contributed by atoms with Crippen molar-refractivity contribution in [1.29, 1.82) is 0 Å². The molecular weight excluding hydrogens is 512 g/mol. The Hall–Kier alpha value is -3.01. The normalized spacial score (nSPS) is 14.3. The van der Waals surface area contributed by atoms with Crippen molar-refractivity contribution in [2.45, 2.75) is 63.9 Å². The molecule has 8 nitrogen and oxygen atoms in total. The molecule has 2 aromatic carbocycles. The Labute approximate surface area is 231 Å². The zero-order valence-corrected chi connectivity index (χ0v) is 23.9. The van der Waals surface area contributed by atoms with Crippen LogP contribution < -0.4 is 10.7 Å². The SMILES string of the molecule is CCCCN(CCCNC(=O)c1cn(CC)c2ccc(S(=O)(=O)N3CCCC3)cc2c1=O)Cc1ccccc1. The molecule has 9 heteroatoms. The lowest BCUT2D eigenvalue weighted by Crippen LogP contribution is -2.33. The van der Waals surface area contributed by atoms with E-state index in [0.717, 1.165) is 51.7 Å². The van der Waals surface area contributed by atoms with Crippen LogP contribution in [0.4, 0.5) is 0 Å². The van der Waals surface area contributed by atoms with E-state index in [1.54, 1.807) is 18.3 Å². The minimum atomic E-state index is -3.67. The molecule has 2 heterocycles. The fourth-order valence-corrected chi connectivity index (χ4v) is 6.67. The molecule has 0 aliphatic carbocycles. The van der Waals surface area contributed by atoms with Crippen molar-refractivity contribution in [3.8, 4) is 0 Å². The van der Waals surface area contributed by atoms with Crippen LogP contribution >= 0.6 is 0 Å². The number of nitrogens with zero attached hydrogens (tertiary/aromatic N) is 3. The number of carbonyl (C=O) groups excluding carboxylic acids is 1. The fourth-order valence-electron chi connectivity index (χ4n) is 5.13. The number of hydrogen-bond donors (Lipinski definition) is 1. The highest BCUT2D eigenvalue weighted by Gasteiger charge is 2.28. The van der Waals surface area contributed by atoms with E-state index in [4.69, 9.17) is 0 Å². The predicted molar refractivity (Wildman–Crippen MR) is 155 cm³/mol. The summed E-state index contributed by atoms with van der Waals surface area (Å²) in [6.45, 7) is 8.77. The molecule has 0 saturated carbocycles. The molecular formula is C30H40N4O4S. The Morgan fingerprint density at radius 1 is 1.00 bits per heavy atom. The average molecular weight is 553 g/mol. The van der Waals surface area contributed by atoms with Crippen LogP contribution in [0.2, 0.25) is 0 Å². The molecule has 0 radical (unpaired) electrons. The quantitative estimate of drug-likeness (QED) is 0.321. The molecule has 1 fully saturated rings. The van der Waals surface area contributed by atoms with Crippen LogP contribution in [0.25, 0.3) is 10.9 Å². The van der Waals surface area contributed by atoms with E-state index >= 15 is 0 Å². The maximum Gasteiger partial charge on any atom is 0.256 e. The number of fused-ring (bicyclic) bond motifs is 1. The lowest BCUT2D eigenvalue weighted by Gasteiger charge is -2.22. The van der Waals surface area contributed by atoms with Crippen molar-refractivity contribution in [3.63, 3.8) is 0 Å². The van der Waals surface area contributed by atoms with Crippen LogP contribution in [-0.4, -0.2) is 60.8 Å². The van der Waals surface area contributed by atoms with Gasteiger partial charge in [0.1, 0.15) is 5.56 Å². The average Bonchev–Trinajstić information content (AvgIpc) is 3.51. The minimum Gasteiger partial charge on any atom is -0.352 e. The molecule has 1 amide bonds. The van der Waals surface area contributed by atoms with Crippen molar-refractivity contribution in [2.24, 2.45) is 0 Å². The first kappa shape index (κ1) is 29.0. The van der Waals surface area contributed by atoms with Gasteiger partial charge in [0.05, 0.1) is 10.4 Å². The first-order chi connectivity index (χ1) is 18.8. The van der Waals surface area contributed by atoms with Crippen LogP contribution in [0.5, 0.6) is 0 Å². The molecule has 0 unspecified atom stereocenters. The Morgan fingerprint density at radius 3 is 2.41 bits per heavy atom. The smallest absolute Gasteiger partial charge is 0.256 e. The number of hydrogen-bond acceptors (Lipinski definition) is 5. The summed E-state index contributed by atoms with van der Waals surface area (Å²) in [5, 5.41) is 3.16. The summed E-state index contributed by atoms with van der Waals surface area (Å²) in [4.78, 5) is 29.0. The van der Waals surface area contributed by atoms with Crippen LogP contribution in [0, 0.1) is 0 Å². The van der Waals surface area contributed by atoms with Gasteiger partial charge in [-0.2, -0.15) is 4.31 Å². The van der Waals surface area contributed by atoms with E-state index in [-0.39, 0.29) is 15.8 Å². The number of amides is 1. The third kappa shape index (κ3) is 6.96. The van der Waals surface area contributed by atoms with Gasteiger partial charge in [0.2, 0.25) is 15.5 Å². The predicted octanol–water partition coefficient (Wildman–Crippen LogP) is 4.23. The molecule has 210 valence electrons. The Morgan fingerprint density at radius 2 is 1.72 bits per heavy atom. The number of nitrogens with one attached hydrogen (secondary N) is 1. The first-order valence-corrected chi connectivity index (χ1v) is 15.5. The Kier molecular flexibility index (Phi) is 9.94. The van der Waals surface area contributed by atoms with E-state index in [1.807, 2.05) is 29.7 Å². The second-order valence-corrected chi connectivity index (χ2v) is 12.1. The van der Waals surface area contributed by atoms with Gasteiger partial charge in [-0.1, -0.05) is 43.7 Å². The highest BCUT2D eigenvalue weighted by Crippen LogP contribution is 2.24. The van der Waals surface area contributed by atoms with Gasteiger partial charge in [-0.25, -0.2) is 8.42 Å². The zero-order chi connectivity index (χ0) is 27.8. The third-order valence-corrected chi connectivity index (χ3v) is 9.25. The Bertz CT molecular complexity index is 1430. The fraction of sp³-hybridized carbons (Fsp3) is 0.467. The van der Waals surface area contributed by atoms with Gasteiger partial charge >= 0.3 is 0 Å². The number of rotatable bonds is 13. The maximum atomic E-state index is 13.4. The van der Waals surface area contributed by atoms with Crippen LogP contribution in [0.3, 0.4) is 0 Å². The van der Waals surface area contributed by atoms with Crippen molar-refractivity contribution in [1.82, 2.24) is 19.1 Å². The molecule has 0 spiro atoms. The summed E-state index contributed by atoms with van der Waals surface area (Å²) in [6.07, 6.45) is 6.25. The molecule has 39 heavy (non-hydrogen) atoms. The molecule has 1 saturated heterocycles. The summed E-state index contributed by atoms with van der Waals surface area (Å²) in [5.74, 6) is -0.430. The summed E-state index contributed by atoms with van der Waals surface area (Å²) in [6, 6.07) is 15.0. The van der Waals surface area contributed by atoms with Gasteiger partial charge in [0.15, 0.2) is 0 Å². The van der Waals surface area contributed by atoms with E-state index in [0.29, 0.717) is 31.7 Å². The van der Waals surface area contributed by atoms with Gasteiger partial charge in [-0.05, 0) is 62.9 Å². The second-order valence-electron chi connectivity index (χ2n) is 10.2. The lowest BCUT2D eigenvalue weighted by atomic mass is 10.1. The summed E-state index contributed by atoms with van der Waals surface area (Å²) in [7, 11) is -3.67. The molecule has 4 rings (SSSR count). The number of aryl methyl sites for hydroxylation is 1. The summed E-state index contributed by atoms with van der Waals surface area (Å²) < 4.78 is 29.5. The molecule has 1 aliphatic rings. The topological polar surface area (TPSA) is 91.7 Å².